The third-order valence-corrected chi connectivity index (χ3v) is 1.54. The summed E-state index contributed by atoms with van der Waals surface area (Å²) in [6.45, 7) is -0.0176. The van der Waals surface area contributed by atoms with Gasteiger partial charge in [-0.15, -0.1) is 0 Å². The SMILES string of the molecule is Cn1c(CO)cnc1Cl. The van der Waals surface area contributed by atoms with E-state index in [4.69, 9.17) is 16.7 Å². The van der Waals surface area contributed by atoms with E-state index in [2.05, 4.69) is 4.98 Å². The fourth-order valence-corrected chi connectivity index (χ4v) is 0.724. The quantitative estimate of drug-likeness (QED) is 0.629. The number of rotatable bonds is 1. The van der Waals surface area contributed by atoms with Crippen molar-refractivity contribution in [2.75, 3.05) is 0 Å². The second kappa shape index (κ2) is 2.37. The molecule has 0 aliphatic rings. The lowest BCUT2D eigenvalue weighted by Crippen LogP contribution is -1.94. The van der Waals surface area contributed by atoms with Crippen molar-refractivity contribution in [3.63, 3.8) is 0 Å². The molecule has 0 amide bonds. The lowest BCUT2D eigenvalue weighted by Gasteiger charge is -1.95. The van der Waals surface area contributed by atoms with Crippen LogP contribution >= 0.6 is 11.6 Å². The molecule has 0 aliphatic carbocycles. The highest BCUT2D eigenvalue weighted by Gasteiger charge is 1.99. The molecule has 0 spiro atoms. The second-order valence-electron chi connectivity index (χ2n) is 1.74. The number of hydrogen-bond acceptors (Lipinski definition) is 2. The van der Waals surface area contributed by atoms with Gasteiger partial charge in [-0.25, -0.2) is 4.98 Å². The average Bonchev–Trinajstić information content (AvgIpc) is 2.15. The normalized spacial score (nSPS) is 10.1. The minimum Gasteiger partial charge on any atom is -0.390 e. The van der Waals surface area contributed by atoms with Gasteiger partial charge in [0.15, 0.2) is 0 Å². The molecular weight excluding hydrogens is 140 g/mol. The molecule has 9 heavy (non-hydrogen) atoms. The fraction of sp³-hybridized carbons (Fsp3) is 0.400. The number of aliphatic hydroxyl groups is 1. The molecule has 0 atom stereocenters. The molecule has 1 rings (SSSR count). The number of aromatic nitrogens is 2. The zero-order chi connectivity index (χ0) is 6.85. The highest BCUT2D eigenvalue weighted by Crippen LogP contribution is 2.06. The van der Waals surface area contributed by atoms with Crippen LogP contribution in [-0.2, 0) is 13.7 Å². The van der Waals surface area contributed by atoms with Gasteiger partial charge in [-0.05, 0) is 11.6 Å². The van der Waals surface area contributed by atoms with E-state index in [9.17, 15) is 0 Å². The average molecular weight is 147 g/mol. The van der Waals surface area contributed by atoms with Crippen LogP contribution in [0.4, 0.5) is 0 Å². The first-order valence-electron chi connectivity index (χ1n) is 2.52. The van der Waals surface area contributed by atoms with Gasteiger partial charge in [-0.2, -0.15) is 0 Å². The predicted octanol–water partition coefficient (Wildman–Crippen LogP) is 0.566. The van der Waals surface area contributed by atoms with Crippen molar-refractivity contribution in [3.8, 4) is 0 Å². The first-order valence-corrected chi connectivity index (χ1v) is 2.90. The van der Waals surface area contributed by atoms with Crippen LogP contribution in [0.15, 0.2) is 6.20 Å². The zero-order valence-corrected chi connectivity index (χ0v) is 5.76. The van der Waals surface area contributed by atoms with Crippen LogP contribution in [0.5, 0.6) is 0 Å². The van der Waals surface area contributed by atoms with Crippen molar-refractivity contribution in [1.82, 2.24) is 9.55 Å². The van der Waals surface area contributed by atoms with Crippen LogP contribution < -0.4 is 0 Å². The third kappa shape index (κ3) is 1.06. The van der Waals surface area contributed by atoms with Crippen molar-refractivity contribution in [3.05, 3.63) is 17.2 Å². The highest BCUT2D eigenvalue weighted by molar-refractivity contribution is 6.28. The maximum absolute atomic E-state index is 8.61. The maximum Gasteiger partial charge on any atom is 0.202 e. The molecule has 0 radical (unpaired) electrons. The summed E-state index contributed by atoms with van der Waals surface area (Å²) in [5, 5.41) is 9.01. The molecule has 50 valence electrons. The summed E-state index contributed by atoms with van der Waals surface area (Å²) in [7, 11) is 1.75. The van der Waals surface area contributed by atoms with Crippen LogP contribution in [0, 0.1) is 0 Å². The topological polar surface area (TPSA) is 38.0 Å². The summed E-state index contributed by atoms with van der Waals surface area (Å²) in [6, 6.07) is 0. The highest BCUT2D eigenvalue weighted by atomic mass is 35.5. The summed E-state index contributed by atoms with van der Waals surface area (Å²) in [5.41, 5.74) is 0.722. The van der Waals surface area contributed by atoms with E-state index < -0.39 is 0 Å². The molecule has 0 aromatic carbocycles. The van der Waals surface area contributed by atoms with Crippen LogP contribution in [0.2, 0.25) is 5.28 Å². The molecule has 1 aromatic rings. The number of nitrogens with zero attached hydrogens (tertiary/aromatic N) is 2. The largest absolute Gasteiger partial charge is 0.390 e. The Morgan fingerprint density at radius 1 is 1.89 bits per heavy atom. The number of halogens is 1. The van der Waals surface area contributed by atoms with Gasteiger partial charge in [0, 0.05) is 7.05 Å². The first kappa shape index (κ1) is 6.58. The molecule has 0 saturated heterocycles. The third-order valence-electron chi connectivity index (χ3n) is 1.19. The van der Waals surface area contributed by atoms with Gasteiger partial charge >= 0.3 is 0 Å². The van der Waals surface area contributed by atoms with Crippen LogP contribution in [0.3, 0.4) is 0 Å². The number of hydrogen-bond donors (Lipinski definition) is 1. The molecule has 0 fully saturated rings. The molecule has 3 nitrogen and oxygen atoms in total. The minimum absolute atomic E-state index is 0.0176. The summed E-state index contributed by atoms with van der Waals surface area (Å²) in [5.74, 6) is 0. The Morgan fingerprint density at radius 3 is 2.78 bits per heavy atom. The lowest BCUT2D eigenvalue weighted by atomic mass is 10.5. The Hall–Kier alpha value is -0.540. The van der Waals surface area contributed by atoms with Crippen molar-refractivity contribution in [2.24, 2.45) is 7.05 Å². The summed E-state index contributed by atoms with van der Waals surface area (Å²) in [6.07, 6.45) is 1.54. The van der Waals surface area contributed by atoms with E-state index in [1.807, 2.05) is 0 Å². The molecule has 0 unspecified atom stereocenters. The second-order valence-corrected chi connectivity index (χ2v) is 2.07. The molecule has 4 heteroatoms. The van der Waals surface area contributed by atoms with Gasteiger partial charge in [0.05, 0.1) is 18.5 Å². The van der Waals surface area contributed by atoms with E-state index >= 15 is 0 Å². The minimum atomic E-state index is -0.0176. The molecule has 1 aromatic heterocycles. The number of aliphatic hydroxyl groups excluding tert-OH is 1. The van der Waals surface area contributed by atoms with Gasteiger partial charge in [0.2, 0.25) is 5.28 Å². The first-order chi connectivity index (χ1) is 4.25. The van der Waals surface area contributed by atoms with Crippen molar-refractivity contribution in [2.45, 2.75) is 6.61 Å². The molecule has 0 saturated carbocycles. The van der Waals surface area contributed by atoms with E-state index in [0.29, 0.717) is 5.28 Å². The van der Waals surface area contributed by atoms with Gasteiger partial charge < -0.3 is 9.67 Å². The summed E-state index contributed by atoms with van der Waals surface area (Å²) in [4.78, 5) is 3.76. The monoisotopic (exact) mass is 146 g/mol. The zero-order valence-electron chi connectivity index (χ0n) is 5.00. The maximum atomic E-state index is 8.61. The van der Waals surface area contributed by atoms with E-state index in [-0.39, 0.29) is 6.61 Å². The Bertz CT molecular complexity index is 209. The summed E-state index contributed by atoms with van der Waals surface area (Å²) < 4.78 is 1.63. The van der Waals surface area contributed by atoms with Crippen LogP contribution in [-0.4, -0.2) is 14.7 Å². The van der Waals surface area contributed by atoms with Crippen molar-refractivity contribution < 1.29 is 5.11 Å². The molecule has 1 N–H and O–H groups in total. The van der Waals surface area contributed by atoms with Gasteiger partial charge in [-0.1, -0.05) is 0 Å². The van der Waals surface area contributed by atoms with Gasteiger partial charge in [-0.3, -0.25) is 0 Å². The smallest absolute Gasteiger partial charge is 0.202 e. The Labute approximate surface area is 57.9 Å². The standard InChI is InChI=1S/C5H7ClN2O/c1-8-4(3-9)2-7-5(8)6/h2,9H,3H2,1H3. The van der Waals surface area contributed by atoms with Gasteiger partial charge in [0.25, 0.3) is 0 Å². The molecule has 1 heterocycles. The fourth-order valence-electron chi connectivity index (χ4n) is 0.566. The van der Waals surface area contributed by atoms with Crippen LogP contribution in [0.1, 0.15) is 5.69 Å². The Balaban J connectivity index is 3.04. The molecule has 0 bridgehead atoms. The molecular formula is C5H7ClN2O. The Morgan fingerprint density at radius 2 is 2.56 bits per heavy atom. The number of imidazole rings is 1. The predicted molar refractivity (Wildman–Crippen MR) is 34.1 cm³/mol. The Kier molecular flexibility index (Phi) is 1.73. The lowest BCUT2D eigenvalue weighted by molar-refractivity contribution is 0.273. The van der Waals surface area contributed by atoms with E-state index in [1.54, 1.807) is 17.8 Å². The molecule has 0 aliphatic heterocycles. The summed E-state index contributed by atoms with van der Waals surface area (Å²) >= 11 is 5.55. The van der Waals surface area contributed by atoms with Crippen molar-refractivity contribution in [1.29, 1.82) is 0 Å². The van der Waals surface area contributed by atoms with E-state index in [1.165, 1.54) is 0 Å². The van der Waals surface area contributed by atoms with E-state index in [0.717, 1.165) is 5.69 Å². The van der Waals surface area contributed by atoms with Gasteiger partial charge in [0.1, 0.15) is 0 Å². The van der Waals surface area contributed by atoms with Crippen LogP contribution in [0.25, 0.3) is 0 Å². The van der Waals surface area contributed by atoms with Crippen molar-refractivity contribution >= 4 is 11.6 Å².